The fraction of sp³-hybridized carbons (Fsp3) is 0.250. The quantitative estimate of drug-likeness (QED) is 0.101. The number of nitrogens with one attached hydrogen (secondary N) is 1. The second-order valence-electron chi connectivity index (χ2n) is 12.2. The van der Waals surface area contributed by atoms with Gasteiger partial charge in [-0.2, -0.15) is 0 Å². The Balaban J connectivity index is 1.22. The normalized spacial score (nSPS) is 20.2. The molecule has 2 aliphatic rings. The van der Waals surface area contributed by atoms with Crippen molar-refractivity contribution >= 4 is 23.6 Å². The lowest BCUT2D eigenvalue weighted by Gasteiger charge is -2.49. The first kappa shape index (κ1) is 29.9. The number of thioether (sulfide) groups is 1. The fourth-order valence-electron chi connectivity index (χ4n) is 6.73. The SMILES string of the molecule is CC(=O)Oc1ccc(Cn2nnnc2C2N3C(=O)C(NC(c4ccccc4)(c4ccccc4)c4ccccc4)[C@H]3SC2(C)C)cc1. The molecule has 2 saturated heterocycles. The van der Waals surface area contributed by atoms with Gasteiger partial charge in [-0.25, -0.2) is 4.68 Å². The Labute approximate surface area is 272 Å². The van der Waals surface area contributed by atoms with Gasteiger partial charge >= 0.3 is 5.97 Å². The summed E-state index contributed by atoms with van der Waals surface area (Å²) in [6.45, 7) is 6.08. The van der Waals surface area contributed by atoms with Gasteiger partial charge in [0, 0.05) is 11.7 Å². The van der Waals surface area contributed by atoms with Gasteiger partial charge in [-0.05, 0) is 58.7 Å². The van der Waals surface area contributed by atoms with E-state index in [1.54, 1.807) is 28.6 Å². The number of amides is 1. The summed E-state index contributed by atoms with van der Waals surface area (Å²) in [6, 6.07) is 37.5. The van der Waals surface area contributed by atoms with E-state index in [0.29, 0.717) is 18.1 Å². The van der Waals surface area contributed by atoms with Crippen molar-refractivity contribution in [3.8, 4) is 5.75 Å². The molecule has 5 aromatic rings. The third-order valence-electron chi connectivity index (χ3n) is 8.75. The smallest absolute Gasteiger partial charge is 0.308 e. The molecule has 1 aromatic heterocycles. The summed E-state index contributed by atoms with van der Waals surface area (Å²) in [6.07, 6.45) is 0. The predicted molar refractivity (Wildman–Crippen MR) is 176 cm³/mol. The maximum Gasteiger partial charge on any atom is 0.308 e. The molecule has 0 bridgehead atoms. The highest BCUT2D eigenvalue weighted by Gasteiger charge is 2.64. The van der Waals surface area contributed by atoms with Crippen LogP contribution in [0.5, 0.6) is 5.75 Å². The van der Waals surface area contributed by atoms with E-state index in [9.17, 15) is 9.59 Å². The van der Waals surface area contributed by atoms with Crippen molar-refractivity contribution in [1.82, 2.24) is 30.4 Å². The molecular formula is C36H34N6O3S. The first-order chi connectivity index (χ1) is 22.3. The average Bonchev–Trinajstić information content (AvgIpc) is 3.62. The van der Waals surface area contributed by atoms with Gasteiger partial charge in [-0.15, -0.1) is 16.9 Å². The molecule has 10 heteroatoms. The minimum absolute atomic E-state index is 0.0144. The van der Waals surface area contributed by atoms with Crippen LogP contribution in [0.25, 0.3) is 0 Å². The van der Waals surface area contributed by atoms with E-state index in [4.69, 9.17) is 4.74 Å². The number of fused-ring (bicyclic) bond motifs is 1. The van der Waals surface area contributed by atoms with Crippen molar-refractivity contribution in [2.45, 2.75) is 55.1 Å². The van der Waals surface area contributed by atoms with E-state index in [0.717, 1.165) is 22.3 Å². The Morgan fingerprint density at radius 2 is 1.41 bits per heavy atom. The number of aromatic nitrogens is 4. The standard InChI is InChI=1S/C36H34N6O3S/c1-24(43)45-29-21-19-25(20-22-29)23-41-32(38-39-40-41)31-35(2,3)46-34-30(33(44)42(31)34)37-36(26-13-7-4-8-14-26,27-15-9-5-10-16-27)28-17-11-6-12-18-28/h4-22,30-31,34,37H,23H2,1-3H3/t30?,31?,34-/m1/s1. The molecule has 0 aliphatic carbocycles. The number of hydrogen-bond donors (Lipinski definition) is 1. The van der Waals surface area contributed by atoms with Crippen LogP contribution in [0, 0.1) is 0 Å². The van der Waals surface area contributed by atoms with Crippen LogP contribution >= 0.6 is 11.8 Å². The molecule has 232 valence electrons. The van der Waals surface area contributed by atoms with Crippen LogP contribution in [-0.4, -0.2) is 53.1 Å². The van der Waals surface area contributed by atoms with E-state index < -0.39 is 11.6 Å². The van der Waals surface area contributed by atoms with E-state index >= 15 is 0 Å². The lowest BCUT2D eigenvalue weighted by atomic mass is 9.76. The molecule has 4 aromatic carbocycles. The Hall–Kier alpha value is -4.80. The summed E-state index contributed by atoms with van der Waals surface area (Å²) < 4.78 is 6.56. The fourth-order valence-corrected chi connectivity index (χ4v) is 8.36. The predicted octanol–water partition coefficient (Wildman–Crippen LogP) is 5.33. The molecule has 2 fully saturated rings. The summed E-state index contributed by atoms with van der Waals surface area (Å²) in [5, 5.41) is 16.6. The van der Waals surface area contributed by atoms with Crippen LogP contribution in [0.3, 0.4) is 0 Å². The molecule has 1 N–H and O–H groups in total. The molecule has 0 spiro atoms. The van der Waals surface area contributed by atoms with Crippen molar-refractivity contribution in [2.75, 3.05) is 0 Å². The second kappa shape index (κ2) is 11.9. The topological polar surface area (TPSA) is 102 Å². The van der Waals surface area contributed by atoms with Crippen LogP contribution in [-0.2, 0) is 21.7 Å². The van der Waals surface area contributed by atoms with Gasteiger partial charge in [0.2, 0.25) is 5.91 Å². The van der Waals surface area contributed by atoms with Gasteiger partial charge in [0.1, 0.15) is 23.2 Å². The van der Waals surface area contributed by atoms with Crippen LogP contribution < -0.4 is 10.1 Å². The largest absolute Gasteiger partial charge is 0.427 e. The van der Waals surface area contributed by atoms with Crippen molar-refractivity contribution in [1.29, 1.82) is 0 Å². The molecule has 7 rings (SSSR count). The molecule has 0 saturated carbocycles. The van der Waals surface area contributed by atoms with Gasteiger partial charge < -0.3 is 9.64 Å². The number of rotatable bonds is 9. The zero-order valence-electron chi connectivity index (χ0n) is 25.8. The first-order valence-electron chi connectivity index (χ1n) is 15.3. The van der Waals surface area contributed by atoms with Crippen LogP contribution in [0.4, 0.5) is 0 Å². The lowest BCUT2D eigenvalue weighted by molar-refractivity contribution is -0.150. The number of hydrogen-bond acceptors (Lipinski definition) is 8. The van der Waals surface area contributed by atoms with Gasteiger partial charge in [0.25, 0.3) is 0 Å². The maximum atomic E-state index is 14.3. The number of tetrazole rings is 1. The molecule has 3 heterocycles. The Morgan fingerprint density at radius 3 is 1.93 bits per heavy atom. The maximum absolute atomic E-state index is 14.3. The zero-order valence-corrected chi connectivity index (χ0v) is 26.6. The number of benzene rings is 4. The number of esters is 1. The highest BCUT2D eigenvalue weighted by Crippen LogP contribution is 2.57. The van der Waals surface area contributed by atoms with E-state index in [2.05, 4.69) is 71.1 Å². The van der Waals surface area contributed by atoms with Crippen molar-refractivity contribution < 1.29 is 14.3 Å². The second-order valence-corrected chi connectivity index (χ2v) is 13.9. The van der Waals surface area contributed by atoms with Crippen LogP contribution in [0.15, 0.2) is 115 Å². The molecular weight excluding hydrogens is 597 g/mol. The van der Waals surface area contributed by atoms with E-state index in [-0.39, 0.29) is 28.0 Å². The summed E-state index contributed by atoms with van der Waals surface area (Å²) in [7, 11) is 0. The molecule has 2 unspecified atom stereocenters. The zero-order chi connectivity index (χ0) is 31.9. The number of carbonyl (C=O) groups excluding carboxylic acids is 2. The minimum atomic E-state index is -0.765. The third-order valence-corrected chi connectivity index (χ3v) is 10.3. The Kier molecular flexibility index (Phi) is 7.70. The lowest BCUT2D eigenvalue weighted by Crippen LogP contribution is -2.70. The highest BCUT2D eigenvalue weighted by molar-refractivity contribution is 8.01. The molecule has 9 nitrogen and oxygen atoms in total. The Morgan fingerprint density at radius 1 is 0.870 bits per heavy atom. The Bertz CT molecular complexity index is 1750. The van der Waals surface area contributed by atoms with Crippen molar-refractivity contribution in [3.63, 3.8) is 0 Å². The summed E-state index contributed by atoms with van der Waals surface area (Å²) >= 11 is 1.77. The summed E-state index contributed by atoms with van der Waals surface area (Å²) in [5.74, 6) is 0.759. The average molecular weight is 631 g/mol. The van der Waals surface area contributed by atoms with Gasteiger partial charge in [-0.3, -0.25) is 14.9 Å². The first-order valence-corrected chi connectivity index (χ1v) is 16.1. The summed E-state index contributed by atoms with van der Waals surface area (Å²) in [4.78, 5) is 27.6. The third kappa shape index (κ3) is 5.17. The molecule has 0 radical (unpaired) electrons. The van der Waals surface area contributed by atoms with Gasteiger partial charge in [0.15, 0.2) is 5.82 Å². The number of ether oxygens (including phenoxy) is 1. The van der Waals surface area contributed by atoms with E-state index in [1.807, 2.05) is 71.6 Å². The summed E-state index contributed by atoms with van der Waals surface area (Å²) in [5.41, 5.74) is 3.35. The number of nitrogens with zero attached hydrogens (tertiary/aromatic N) is 5. The molecule has 1 amide bonds. The van der Waals surface area contributed by atoms with Gasteiger partial charge in [-0.1, -0.05) is 103 Å². The van der Waals surface area contributed by atoms with Gasteiger partial charge in [0.05, 0.1) is 12.1 Å². The monoisotopic (exact) mass is 630 g/mol. The van der Waals surface area contributed by atoms with Crippen LogP contribution in [0.1, 0.15) is 54.9 Å². The van der Waals surface area contributed by atoms with E-state index in [1.165, 1.54) is 6.92 Å². The highest BCUT2D eigenvalue weighted by atomic mass is 32.2. The molecule has 2 aliphatic heterocycles. The van der Waals surface area contributed by atoms with Crippen molar-refractivity contribution in [3.05, 3.63) is 143 Å². The minimum Gasteiger partial charge on any atom is -0.427 e. The molecule has 3 atom stereocenters. The van der Waals surface area contributed by atoms with Crippen LogP contribution in [0.2, 0.25) is 0 Å². The number of β-lactam (4-membered cyclic amide) rings is 1. The van der Waals surface area contributed by atoms with Crippen molar-refractivity contribution in [2.24, 2.45) is 0 Å². The number of carbonyl (C=O) groups is 2. The molecule has 46 heavy (non-hydrogen) atoms.